The summed E-state index contributed by atoms with van der Waals surface area (Å²) in [5, 5.41) is 15.5. The van der Waals surface area contributed by atoms with Crippen LogP contribution in [0.3, 0.4) is 0 Å². The van der Waals surface area contributed by atoms with Gasteiger partial charge in [-0.2, -0.15) is 0 Å². The Hall–Kier alpha value is -2.34. The van der Waals surface area contributed by atoms with E-state index in [2.05, 4.69) is 10.6 Å². The van der Waals surface area contributed by atoms with Crippen molar-refractivity contribution in [2.24, 2.45) is 0 Å². The Labute approximate surface area is 134 Å². The van der Waals surface area contributed by atoms with Gasteiger partial charge in [0.25, 0.3) is 0 Å². The highest BCUT2D eigenvalue weighted by atomic mass is 19.1. The molecule has 6 heteroatoms. The molecule has 5 nitrogen and oxygen atoms in total. The van der Waals surface area contributed by atoms with Crippen molar-refractivity contribution in [2.45, 2.75) is 32.4 Å². The zero-order chi connectivity index (χ0) is 17.0. The van der Waals surface area contributed by atoms with Gasteiger partial charge in [-0.1, -0.05) is 12.1 Å². The van der Waals surface area contributed by atoms with Crippen LogP contribution in [0.5, 0.6) is 0 Å². The van der Waals surface area contributed by atoms with Gasteiger partial charge >= 0.3 is 6.03 Å². The molecule has 0 unspecified atom stereocenters. The fraction of sp³-hybridized carbons (Fsp3) is 0.353. The second kappa shape index (κ2) is 6.83. The Morgan fingerprint density at radius 1 is 1.43 bits per heavy atom. The van der Waals surface area contributed by atoms with E-state index >= 15 is 0 Å². The van der Waals surface area contributed by atoms with Crippen LogP contribution in [-0.4, -0.2) is 17.7 Å². The molecule has 0 aliphatic rings. The topological polar surface area (TPSA) is 74.5 Å². The standard InChI is InChI=1S/C17H21FN2O3/c1-11-6-7-13(9-14(11)18)12(2)20-16(21)19-10-17(3,22)15-5-4-8-23-15/h4-9,12,22H,10H2,1-3H3,(H2,19,20,21)/t12-,17-/m0/s1. The van der Waals surface area contributed by atoms with E-state index in [0.29, 0.717) is 16.9 Å². The van der Waals surface area contributed by atoms with Gasteiger partial charge in [-0.25, -0.2) is 9.18 Å². The number of furan rings is 1. The normalized spacial score (nSPS) is 14.8. The molecule has 3 N–H and O–H groups in total. The van der Waals surface area contributed by atoms with Crippen LogP contribution in [0, 0.1) is 12.7 Å². The number of benzene rings is 1. The molecule has 2 rings (SSSR count). The van der Waals surface area contributed by atoms with Gasteiger partial charge < -0.3 is 20.2 Å². The molecule has 0 aliphatic carbocycles. The van der Waals surface area contributed by atoms with Crippen LogP contribution in [0.25, 0.3) is 0 Å². The van der Waals surface area contributed by atoms with Crippen molar-refractivity contribution in [3.8, 4) is 0 Å². The van der Waals surface area contributed by atoms with Crippen LogP contribution in [0.1, 0.15) is 36.8 Å². The second-order valence-corrected chi connectivity index (χ2v) is 5.81. The lowest BCUT2D eigenvalue weighted by atomic mass is 10.0. The summed E-state index contributed by atoms with van der Waals surface area (Å²) in [6.07, 6.45) is 1.46. The summed E-state index contributed by atoms with van der Waals surface area (Å²) < 4.78 is 18.7. The van der Waals surface area contributed by atoms with Gasteiger partial charge in [-0.05, 0) is 50.1 Å². The fourth-order valence-electron chi connectivity index (χ4n) is 2.13. The number of carbonyl (C=O) groups is 1. The third-order valence-electron chi connectivity index (χ3n) is 3.69. The van der Waals surface area contributed by atoms with Crippen molar-refractivity contribution < 1.29 is 18.7 Å². The summed E-state index contributed by atoms with van der Waals surface area (Å²) in [7, 11) is 0. The quantitative estimate of drug-likeness (QED) is 0.793. The number of hydrogen-bond acceptors (Lipinski definition) is 3. The predicted molar refractivity (Wildman–Crippen MR) is 84.4 cm³/mol. The van der Waals surface area contributed by atoms with Gasteiger partial charge in [-0.15, -0.1) is 0 Å². The first-order valence-corrected chi connectivity index (χ1v) is 7.36. The third kappa shape index (κ3) is 4.32. The minimum Gasteiger partial charge on any atom is -0.466 e. The minimum atomic E-state index is -1.31. The Morgan fingerprint density at radius 3 is 2.78 bits per heavy atom. The second-order valence-electron chi connectivity index (χ2n) is 5.81. The molecule has 0 saturated carbocycles. The summed E-state index contributed by atoms with van der Waals surface area (Å²) in [4.78, 5) is 11.9. The maximum Gasteiger partial charge on any atom is 0.315 e. The lowest BCUT2D eigenvalue weighted by Gasteiger charge is -2.22. The molecular formula is C17H21FN2O3. The van der Waals surface area contributed by atoms with Crippen molar-refractivity contribution in [3.63, 3.8) is 0 Å². The number of rotatable bonds is 5. The number of amides is 2. The molecule has 0 saturated heterocycles. The molecule has 1 aromatic heterocycles. The van der Waals surface area contributed by atoms with Crippen LogP contribution < -0.4 is 10.6 Å². The van der Waals surface area contributed by atoms with Crippen molar-refractivity contribution in [3.05, 3.63) is 59.3 Å². The molecule has 2 aromatic rings. The minimum absolute atomic E-state index is 0.0126. The van der Waals surface area contributed by atoms with E-state index in [1.807, 2.05) is 0 Å². The zero-order valence-electron chi connectivity index (χ0n) is 13.4. The average Bonchev–Trinajstić information content (AvgIpc) is 3.03. The predicted octanol–water partition coefficient (Wildman–Crippen LogP) is 3.00. The van der Waals surface area contributed by atoms with E-state index in [1.165, 1.54) is 12.3 Å². The van der Waals surface area contributed by atoms with Gasteiger partial charge in [0, 0.05) is 0 Å². The van der Waals surface area contributed by atoms with Crippen LogP contribution in [0.15, 0.2) is 41.0 Å². The van der Waals surface area contributed by atoms with Gasteiger partial charge in [0.05, 0.1) is 18.8 Å². The Morgan fingerprint density at radius 2 is 2.17 bits per heavy atom. The van der Waals surface area contributed by atoms with Gasteiger partial charge in [0.15, 0.2) is 0 Å². The zero-order valence-corrected chi connectivity index (χ0v) is 13.4. The Kier molecular flexibility index (Phi) is 5.05. The van der Waals surface area contributed by atoms with Crippen LogP contribution in [0.4, 0.5) is 9.18 Å². The summed E-state index contributed by atoms with van der Waals surface area (Å²) >= 11 is 0. The highest BCUT2D eigenvalue weighted by Gasteiger charge is 2.27. The first kappa shape index (κ1) is 17.0. The summed E-state index contributed by atoms with van der Waals surface area (Å²) in [5.41, 5.74) is -0.0824. The van der Waals surface area contributed by atoms with E-state index in [0.717, 1.165) is 0 Å². The SMILES string of the molecule is Cc1ccc([C@H](C)NC(=O)NC[C@](C)(O)c2ccco2)cc1F. The van der Waals surface area contributed by atoms with Crippen LogP contribution in [0.2, 0.25) is 0 Å². The summed E-state index contributed by atoms with van der Waals surface area (Å²) in [6, 6.07) is 7.32. The number of hydrogen-bond donors (Lipinski definition) is 3. The number of urea groups is 1. The molecule has 0 bridgehead atoms. The largest absolute Gasteiger partial charge is 0.466 e. The Bertz CT molecular complexity index is 668. The van der Waals surface area contributed by atoms with E-state index in [9.17, 15) is 14.3 Å². The lowest BCUT2D eigenvalue weighted by Crippen LogP contribution is -2.44. The number of halogens is 1. The van der Waals surface area contributed by atoms with Gasteiger partial charge in [-0.3, -0.25) is 0 Å². The Balaban J connectivity index is 1.90. The molecule has 0 radical (unpaired) electrons. The fourth-order valence-corrected chi connectivity index (χ4v) is 2.13. The molecule has 0 aliphatic heterocycles. The molecule has 2 atom stereocenters. The molecule has 2 amide bonds. The van der Waals surface area contributed by atoms with E-state index in [-0.39, 0.29) is 18.4 Å². The first-order chi connectivity index (χ1) is 10.8. The summed E-state index contributed by atoms with van der Waals surface area (Å²) in [5.74, 6) is 0.0590. The van der Waals surface area contributed by atoms with Gasteiger partial charge in [0.1, 0.15) is 17.2 Å². The molecule has 0 fully saturated rings. The average molecular weight is 320 g/mol. The van der Waals surface area contributed by atoms with Crippen LogP contribution >= 0.6 is 0 Å². The van der Waals surface area contributed by atoms with Crippen molar-refractivity contribution in [2.75, 3.05) is 6.54 Å². The third-order valence-corrected chi connectivity index (χ3v) is 3.69. The molecule has 23 heavy (non-hydrogen) atoms. The number of nitrogens with one attached hydrogen (secondary N) is 2. The maximum absolute atomic E-state index is 13.6. The molecule has 1 heterocycles. The van der Waals surface area contributed by atoms with E-state index in [4.69, 9.17) is 4.42 Å². The number of carbonyl (C=O) groups excluding carboxylic acids is 1. The number of aliphatic hydroxyl groups is 1. The highest BCUT2D eigenvalue weighted by molar-refractivity contribution is 5.74. The van der Waals surface area contributed by atoms with Crippen LogP contribution in [-0.2, 0) is 5.60 Å². The smallest absolute Gasteiger partial charge is 0.315 e. The maximum atomic E-state index is 13.6. The van der Waals surface area contributed by atoms with Crippen molar-refractivity contribution in [1.82, 2.24) is 10.6 Å². The molecule has 1 aromatic carbocycles. The van der Waals surface area contributed by atoms with Crippen molar-refractivity contribution >= 4 is 6.03 Å². The monoisotopic (exact) mass is 320 g/mol. The molecule has 124 valence electrons. The van der Waals surface area contributed by atoms with Crippen molar-refractivity contribution in [1.29, 1.82) is 0 Å². The van der Waals surface area contributed by atoms with Gasteiger partial charge in [0.2, 0.25) is 0 Å². The highest BCUT2D eigenvalue weighted by Crippen LogP contribution is 2.20. The molecule has 0 spiro atoms. The summed E-state index contributed by atoms with van der Waals surface area (Å²) in [6.45, 7) is 4.97. The van der Waals surface area contributed by atoms with E-state index < -0.39 is 11.6 Å². The molecular weight excluding hydrogens is 299 g/mol. The number of aryl methyl sites for hydroxylation is 1. The first-order valence-electron chi connectivity index (χ1n) is 7.36. The lowest BCUT2D eigenvalue weighted by molar-refractivity contribution is 0.0366. The van der Waals surface area contributed by atoms with E-state index in [1.54, 1.807) is 45.0 Å².